The molecule has 0 fully saturated rings. The number of benzene rings is 1. The van der Waals surface area contributed by atoms with Crippen LogP contribution in [0.1, 0.15) is 24.8 Å². The van der Waals surface area contributed by atoms with Gasteiger partial charge in [0.2, 0.25) is 0 Å². The van der Waals surface area contributed by atoms with E-state index in [-0.39, 0.29) is 0 Å². The smallest absolute Gasteiger partial charge is 0.0621 e. The van der Waals surface area contributed by atoms with E-state index in [2.05, 4.69) is 17.5 Å². The molecular weight excluding hydrogens is 198 g/mol. The van der Waals surface area contributed by atoms with Gasteiger partial charge in [-0.05, 0) is 50.0 Å². The molecule has 0 aromatic heterocycles. The Morgan fingerprint density at radius 3 is 2.88 bits per heavy atom. The summed E-state index contributed by atoms with van der Waals surface area (Å²) in [5.74, 6) is 0. The third-order valence-electron chi connectivity index (χ3n) is 2.43. The van der Waals surface area contributed by atoms with Gasteiger partial charge < -0.3 is 11.1 Å². The van der Waals surface area contributed by atoms with Crippen LogP contribution in [0.3, 0.4) is 0 Å². The van der Waals surface area contributed by atoms with E-state index in [1.54, 1.807) is 0 Å². The van der Waals surface area contributed by atoms with Gasteiger partial charge in [0, 0.05) is 12.1 Å². The van der Waals surface area contributed by atoms with Crippen molar-refractivity contribution in [2.75, 3.05) is 18.8 Å². The lowest BCUT2D eigenvalue weighted by molar-refractivity contribution is 0.628. The van der Waals surface area contributed by atoms with Gasteiger partial charge in [-0.1, -0.05) is 12.1 Å². The highest BCUT2D eigenvalue weighted by Gasteiger charge is 1.93. The monoisotopic (exact) mass is 217 g/mol. The van der Waals surface area contributed by atoms with Crippen molar-refractivity contribution in [3.63, 3.8) is 0 Å². The number of hydrogen-bond acceptors (Lipinski definition) is 3. The number of hydrogen-bond donors (Lipinski definition) is 2. The number of nitriles is 1. The van der Waals surface area contributed by atoms with Gasteiger partial charge in [0.1, 0.15) is 0 Å². The van der Waals surface area contributed by atoms with Gasteiger partial charge in [-0.25, -0.2) is 0 Å². The predicted octanol–water partition coefficient (Wildman–Crippen LogP) is 2.09. The van der Waals surface area contributed by atoms with Crippen LogP contribution >= 0.6 is 0 Å². The molecule has 0 aliphatic carbocycles. The molecule has 0 aliphatic heterocycles. The summed E-state index contributed by atoms with van der Waals surface area (Å²) in [5.41, 5.74) is 7.79. The van der Waals surface area contributed by atoms with Crippen LogP contribution in [0.2, 0.25) is 0 Å². The molecule has 0 heterocycles. The van der Waals surface area contributed by atoms with E-state index < -0.39 is 0 Å². The third kappa shape index (κ3) is 5.38. The minimum atomic E-state index is 0.664. The molecule has 0 saturated carbocycles. The Kier molecular flexibility index (Phi) is 6.05. The van der Waals surface area contributed by atoms with Gasteiger partial charge in [-0.3, -0.25) is 0 Å². The fourth-order valence-corrected chi connectivity index (χ4v) is 1.56. The Morgan fingerprint density at radius 1 is 1.25 bits per heavy atom. The van der Waals surface area contributed by atoms with Gasteiger partial charge in [0.05, 0.1) is 6.07 Å². The van der Waals surface area contributed by atoms with Crippen LogP contribution in [0, 0.1) is 11.3 Å². The zero-order chi connectivity index (χ0) is 11.6. The molecule has 3 heteroatoms. The Hall–Kier alpha value is -1.53. The number of nitrogens with two attached hydrogens (primary N) is 1. The predicted molar refractivity (Wildman–Crippen MR) is 66.9 cm³/mol. The Labute approximate surface area is 97.3 Å². The lowest BCUT2D eigenvalue weighted by Gasteiger charge is -2.04. The molecule has 0 spiro atoms. The molecule has 0 radical (unpaired) electrons. The first-order valence-electron chi connectivity index (χ1n) is 5.75. The van der Waals surface area contributed by atoms with E-state index in [0.717, 1.165) is 38.0 Å². The second-order valence-corrected chi connectivity index (χ2v) is 3.86. The minimum Gasteiger partial charge on any atom is -0.399 e. The van der Waals surface area contributed by atoms with Crippen molar-refractivity contribution in [1.82, 2.24) is 5.32 Å². The third-order valence-corrected chi connectivity index (χ3v) is 2.43. The van der Waals surface area contributed by atoms with Gasteiger partial charge in [0.25, 0.3) is 0 Å². The highest BCUT2D eigenvalue weighted by Crippen LogP contribution is 2.06. The number of rotatable bonds is 7. The van der Waals surface area contributed by atoms with E-state index in [1.807, 2.05) is 18.2 Å². The van der Waals surface area contributed by atoms with Crippen LogP contribution in [0.5, 0.6) is 0 Å². The van der Waals surface area contributed by atoms with Crippen molar-refractivity contribution in [3.05, 3.63) is 29.8 Å². The number of unbranched alkanes of at least 4 members (excludes halogenated alkanes) is 2. The molecule has 0 aliphatic rings. The molecule has 3 nitrogen and oxygen atoms in total. The van der Waals surface area contributed by atoms with E-state index in [0.29, 0.717) is 6.42 Å². The molecule has 86 valence electrons. The van der Waals surface area contributed by atoms with Gasteiger partial charge in [-0.15, -0.1) is 0 Å². The van der Waals surface area contributed by atoms with Gasteiger partial charge >= 0.3 is 0 Å². The second-order valence-electron chi connectivity index (χ2n) is 3.86. The average Bonchev–Trinajstić information content (AvgIpc) is 2.28. The topological polar surface area (TPSA) is 61.8 Å². The minimum absolute atomic E-state index is 0.664. The van der Waals surface area contributed by atoms with Crippen LogP contribution in [0.4, 0.5) is 5.69 Å². The first kappa shape index (κ1) is 12.5. The summed E-state index contributed by atoms with van der Waals surface area (Å²) >= 11 is 0. The Morgan fingerprint density at radius 2 is 2.12 bits per heavy atom. The summed E-state index contributed by atoms with van der Waals surface area (Å²) in [7, 11) is 0. The van der Waals surface area contributed by atoms with E-state index in [1.165, 1.54) is 5.56 Å². The average molecular weight is 217 g/mol. The number of nitrogens with one attached hydrogen (secondary N) is 1. The molecule has 0 amide bonds. The van der Waals surface area contributed by atoms with E-state index >= 15 is 0 Å². The van der Waals surface area contributed by atoms with Crippen molar-refractivity contribution >= 4 is 5.69 Å². The van der Waals surface area contributed by atoms with E-state index in [9.17, 15) is 0 Å². The Balaban J connectivity index is 2.05. The summed E-state index contributed by atoms with van der Waals surface area (Å²) in [6.07, 6.45) is 3.73. The maximum atomic E-state index is 8.36. The number of anilines is 1. The zero-order valence-electron chi connectivity index (χ0n) is 9.58. The maximum Gasteiger partial charge on any atom is 0.0621 e. The highest BCUT2D eigenvalue weighted by atomic mass is 14.8. The first-order valence-corrected chi connectivity index (χ1v) is 5.75. The summed E-state index contributed by atoms with van der Waals surface area (Å²) in [4.78, 5) is 0. The van der Waals surface area contributed by atoms with Crippen molar-refractivity contribution in [1.29, 1.82) is 5.26 Å². The summed E-state index contributed by atoms with van der Waals surface area (Å²) in [6, 6.07) is 10.1. The SMILES string of the molecule is N#CCCCCNCCc1cccc(N)c1. The highest BCUT2D eigenvalue weighted by molar-refractivity contribution is 5.40. The number of nitrogens with zero attached hydrogens (tertiary/aromatic N) is 1. The van der Waals surface area contributed by atoms with Crippen LogP contribution < -0.4 is 11.1 Å². The number of nitrogen functional groups attached to an aromatic ring is 1. The first-order chi connectivity index (χ1) is 7.83. The molecular formula is C13H19N3. The van der Waals surface area contributed by atoms with Crippen molar-refractivity contribution in [3.8, 4) is 6.07 Å². The van der Waals surface area contributed by atoms with Crippen molar-refractivity contribution in [2.24, 2.45) is 0 Å². The van der Waals surface area contributed by atoms with Gasteiger partial charge in [-0.2, -0.15) is 5.26 Å². The van der Waals surface area contributed by atoms with Gasteiger partial charge in [0.15, 0.2) is 0 Å². The molecule has 16 heavy (non-hydrogen) atoms. The van der Waals surface area contributed by atoms with Crippen LogP contribution in [0.15, 0.2) is 24.3 Å². The largest absolute Gasteiger partial charge is 0.399 e. The standard InChI is InChI=1S/C13H19N3/c14-8-2-1-3-9-16-10-7-12-5-4-6-13(15)11-12/h4-6,11,16H,1-3,7,9-10,15H2. The fourth-order valence-electron chi connectivity index (χ4n) is 1.56. The molecule has 1 aromatic carbocycles. The molecule has 1 rings (SSSR count). The Bertz CT molecular complexity index is 341. The van der Waals surface area contributed by atoms with Crippen LogP contribution in [-0.4, -0.2) is 13.1 Å². The van der Waals surface area contributed by atoms with Crippen molar-refractivity contribution in [2.45, 2.75) is 25.7 Å². The fraction of sp³-hybridized carbons (Fsp3) is 0.462. The summed E-state index contributed by atoms with van der Waals surface area (Å²) in [5, 5.41) is 11.7. The summed E-state index contributed by atoms with van der Waals surface area (Å²) < 4.78 is 0. The lowest BCUT2D eigenvalue weighted by atomic mass is 10.1. The normalized spacial score (nSPS) is 9.94. The van der Waals surface area contributed by atoms with Crippen molar-refractivity contribution < 1.29 is 0 Å². The zero-order valence-corrected chi connectivity index (χ0v) is 9.58. The van der Waals surface area contributed by atoms with Crippen LogP contribution in [0.25, 0.3) is 0 Å². The molecule has 1 aromatic rings. The summed E-state index contributed by atoms with van der Waals surface area (Å²) in [6.45, 7) is 1.96. The lowest BCUT2D eigenvalue weighted by Crippen LogP contribution is -2.18. The molecule has 0 bridgehead atoms. The second kappa shape index (κ2) is 7.72. The van der Waals surface area contributed by atoms with Crippen LogP contribution in [-0.2, 0) is 6.42 Å². The van der Waals surface area contributed by atoms with E-state index in [4.69, 9.17) is 11.0 Å². The maximum absolute atomic E-state index is 8.36. The molecule has 0 saturated heterocycles. The molecule has 0 atom stereocenters. The molecule has 3 N–H and O–H groups in total. The molecule has 0 unspecified atom stereocenters. The quantitative estimate of drug-likeness (QED) is 0.543.